The van der Waals surface area contributed by atoms with E-state index in [4.69, 9.17) is 9.47 Å². The van der Waals surface area contributed by atoms with Crippen LogP contribution in [0.1, 0.15) is 11.1 Å². The number of aryl methyl sites for hydroxylation is 1. The molecule has 1 aliphatic rings. The Labute approximate surface area is 127 Å². The summed E-state index contributed by atoms with van der Waals surface area (Å²) in [6.45, 7) is 1.95. The van der Waals surface area contributed by atoms with Gasteiger partial charge in [0.1, 0.15) is 5.82 Å². The number of rotatable bonds is 3. The van der Waals surface area contributed by atoms with E-state index in [0.29, 0.717) is 22.7 Å². The number of benzene rings is 2. The lowest BCUT2D eigenvalue weighted by molar-refractivity contribution is -0.111. The maximum Gasteiger partial charge on any atom is 0.248 e. The van der Waals surface area contributed by atoms with Gasteiger partial charge in [0.25, 0.3) is 0 Å². The molecule has 5 heteroatoms. The van der Waals surface area contributed by atoms with Gasteiger partial charge in [-0.2, -0.15) is 0 Å². The predicted octanol–water partition coefficient (Wildman–Crippen LogP) is 3.51. The summed E-state index contributed by atoms with van der Waals surface area (Å²) in [5, 5.41) is 2.71. The first kappa shape index (κ1) is 14.1. The molecule has 2 aromatic rings. The summed E-state index contributed by atoms with van der Waals surface area (Å²) in [6.07, 6.45) is 3.09. The molecule has 0 aliphatic carbocycles. The van der Waals surface area contributed by atoms with E-state index in [9.17, 15) is 9.18 Å². The summed E-state index contributed by atoms with van der Waals surface area (Å²) in [5.41, 5.74) is 2.08. The zero-order chi connectivity index (χ0) is 15.5. The van der Waals surface area contributed by atoms with Crippen molar-refractivity contribution in [3.05, 3.63) is 59.4 Å². The van der Waals surface area contributed by atoms with Gasteiger partial charge < -0.3 is 14.8 Å². The van der Waals surface area contributed by atoms with Gasteiger partial charge in [-0.3, -0.25) is 4.79 Å². The molecule has 0 fully saturated rings. The van der Waals surface area contributed by atoms with E-state index in [-0.39, 0.29) is 18.5 Å². The Morgan fingerprint density at radius 2 is 2.00 bits per heavy atom. The largest absolute Gasteiger partial charge is 0.454 e. The number of carbonyl (C=O) groups excluding carboxylic acids is 1. The first-order chi connectivity index (χ1) is 10.6. The van der Waals surface area contributed by atoms with Gasteiger partial charge in [0.15, 0.2) is 11.5 Å². The number of carbonyl (C=O) groups is 1. The molecule has 1 aliphatic heterocycles. The smallest absolute Gasteiger partial charge is 0.248 e. The van der Waals surface area contributed by atoms with Crippen LogP contribution in [0.2, 0.25) is 0 Å². The average molecular weight is 299 g/mol. The Morgan fingerprint density at radius 1 is 1.18 bits per heavy atom. The zero-order valence-electron chi connectivity index (χ0n) is 11.9. The van der Waals surface area contributed by atoms with Gasteiger partial charge in [0.2, 0.25) is 12.7 Å². The number of halogens is 1. The van der Waals surface area contributed by atoms with Crippen LogP contribution in [-0.4, -0.2) is 12.7 Å². The molecule has 4 nitrogen and oxygen atoms in total. The highest BCUT2D eigenvalue weighted by molar-refractivity contribution is 6.02. The first-order valence-electron chi connectivity index (χ1n) is 6.77. The van der Waals surface area contributed by atoms with Gasteiger partial charge in [0, 0.05) is 11.8 Å². The second-order valence-electron chi connectivity index (χ2n) is 4.89. The first-order valence-corrected chi connectivity index (χ1v) is 6.77. The number of ether oxygens (including phenoxy) is 2. The van der Waals surface area contributed by atoms with Crippen LogP contribution in [0.5, 0.6) is 11.5 Å². The van der Waals surface area contributed by atoms with Gasteiger partial charge >= 0.3 is 0 Å². The minimum absolute atomic E-state index is 0.215. The molecule has 0 saturated heterocycles. The normalized spacial score (nSPS) is 12.6. The van der Waals surface area contributed by atoms with Crippen LogP contribution < -0.4 is 14.8 Å². The number of amides is 1. The number of anilines is 1. The van der Waals surface area contributed by atoms with Crippen molar-refractivity contribution in [1.82, 2.24) is 0 Å². The van der Waals surface area contributed by atoms with Gasteiger partial charge in [-0.25, -0.2) is 4.39 Å². The molecule has 112 valence electrons. The topological polar surface area (TPSA) is 47.6 Å². The van der Waals surface area contributed by atoms with Gasteiger partial charge in [-0.15, -0.1) is 0 Å². The molecule has 1 N–H and O–H groups in total. The summed E-state index contributed by atoms with van der Waals surface area (Å²) in [7, 11) is 0. The Morgan fingerprint density at radius 3 is 2.82 bits per heavy atom. The van der Waals surface area contributed by atoms with E-state index < -0.39 is 0 Å². The number of hydrogen-bond acceptors (Lipinski definition) is 3. The average Bonchev–Trinajstić information content (AvgIpc) is 2.95. The molecule has 0 bridgehead atoms. The number of hydrogen-bond donors (Lipinski definition) is 1. The van der Waals surface area contributed by atoms with Crippen LogP contribution >= 0.6 is 0 Å². The highest BCUT2D eigenvalue weighted by atomic mass is 19.1. The molecule has 0 aromatic heterocycles. The molecule has 22 heavy (non-hydrogen) atoms. The van der Waals surface area contributed by atoms with Crippen LogP contribution in [0.3, 0.4) is 0 Å². The lowest BCUT2D eigenvalue weighted by atomic mass is 10.1. The van der Waals surface area contributed by atoms with Crippen LogP contribution in [0, 0.1) is 12.7 Å². The summed E-state index contributed by atoms with van der Waals surface area (Å²) >= 11 is 0. The molecule has 3 rings (SSSR count). The molecule has 0 radical (unpaired) electrons. The van der Waals surface area contributed by atoms with E-state index in [1.165, 1.54) is 24.3 Å². The van der Waals surface area contributed by atoms with E-state index in [0.717, 1.165) is 5.56 Å². The maximum atomic E-state index is 13.0. The van der Waals surface area contributed by atoms with Crippen molar-refractivity contribution in [1.29, 1.82) is 0 Å². The molecular formula is C17H14FNO3. The summed E-state index contributed by atoms with van der Waals surface area (Å²) < 4.78 is 23.5. The van der Waals surface area contributed by atoms with Crippen molar-refractivity contribution in [2.75, 3.05) is 12.1 Å². The lowest BCUT2D eigenvalue weighted by Gasteiger charge is -2.06. The molecule has 0 unspecified atom stereocenters. The Kier molecular flexibility index (Phi) is 3.78. The lowest BCUT2D eigenvalue weighted by Crippen LogP contribution is -2.09. The molecular weight excluding hydrogens is 285 g/mol. The standard InChI is InChI=1S/C17H14FNO3/c1-11-8-13(18)4-5-14(11)19-17(20)7-3-12-2-6-15-16(9-12)22-10-21-15/h2-9H,10H2,1H3,(H,19,20). The van der Waals surface area contributed by atoms with E-state index in [1.807, 2.05) is 6.07 Å². The third-order valence-electron chi connectivity index (χ3n) is 3.27. The third kappa shape index (κ3) is 3.09. The fourth-order valence-corrected chi connectivity index (χ4v) is 2.13. The Hall–Kier alpha value is -2.82. The second kappa shape index (κ2) is 5.89. The van der Waals surface area contributed by atoms with Crippen LogP contribution in [0.15, 0.2) is 42.5 Å². The minimum Gasteiger partial charge on any atom is -0.454 e. The SMILES string of the molecule is Cc1cc(F)ccc1NC(=O)C=Cc1ccc2c(c1)OCO2. The van der Waals surface area contributed by atoms with Gasteiger partial charge in [-0.05, 0) is 54.5 Å². The molecule has 1 amide bonds. The number of fused-ring (bicyclic) bond motifs is 1. The van der Waals surface area contributed by atoms with E-state index in [2.05, 4.69) is 5.32 Å². The second-order valence-corrected chi connectivity index (χ2v) is 4.89. The van der Waals surface area contributed by atoms with Crippen molar-refractivity contribution >= 4 is 17.7 Å². The van der Waals surface area contributed by atoms with Crippen LogP contribution in [-0.2, 0) is 4.79 Å². The zero-order valence-corrected chi connectivity index (χ0v) is 11.9. The van der Waals surface area contributed by atoms with Crippen LogP contribution in [0.25, 0.3) is 6.08 Å². The maximum absolute atomic E-state index is 13.0. The van der Waals surface area contributed by atoms with Crippen molar-refractivity contribution in [2.24, 2.45) is 0 Å². The minimum atomic E-state index is -0.327. The highest BCUT2D eigenvalue weighted by Gasteiger charge is 2.12. The highest BCUT2D eigenvalue weighted by Crippen LogP contribution is 2.32. The fourth-order valence-electron chi connectivity index (χ4n) is 2.13. The summed E-state index contributed by atoms with van der Waals surface area (Å²) in [4.78, 5) is 11.9. The Bertz CT molecular complexity index is 756. The summed E-state index contributed by atoms with van der Waals surface area (Å²) in [6, 6.07) is 9.65. The molecule has 0 saturated carbocycles. The summed E-state index contributed by atoms with van der Waals surface area (Å²) in [5.74, 6) is 0.749. The van der Waals surface area contributed by atoms with Crippen molar-refractivity contribution in [2.45, 2.75) is 6.92 Å². The molecule has 2 aromatic carbocycles. The van der Waals surface area contributed by atoms with Crippen LogP contribution in [0.4, 0.5) is 10.1 Å². The molecule has 0 atom stereocenters. The van der Waals surface area contributed by atoms with Gasteiger partial charge in [-0.1, -0.05) is 6.07 Å². The van der Waals surface area contributed by atoms with Crippen molar-refractivity contribution < 1.29 is 18.7 Å². The fraction of sp³-hybridized carbons (Fsp3) is 0.118. The third-order valence-corrected chi connectivity index (χ3v) is 3.27. The number of nitrogens with one attached hydrogen (secondary N) is 1. The van der Waals surface area contributed by atoms with E-state index >= 15 is 0 Å². The quantitative estimate of drug-likeness (QED) is 0.882. The van der Waals surface area contributed by atoms with Gasteiger partial charge in [0.05, 0.1) is 0 Å². The monoisotopic (exact) mass is 299 g/mol. The molecule has 1 heterocycles. The Balaban J connectivity index is 1.68. The van der Waals surface area contributed by atoms with Crippen molar-refractivity contribution in [3.8, 4) is 11.5 Å². The van der Waals surface area contributed by atoms with Crippen molar-refractivity contribution in [3.63, 3.8) is 0 Å². The molecule has 0 spiro atoms. The van der Waals surface area contributed by atoms with E-state index in [1.54, 1.807) is 25.1 Å². The predicted molar refractivity (Wildman–Crippen MR) is 81.4 cm³/mol.